The zero-order valence-corrected chi connectivity index (χ0v) is 10.9. The minimum Gasteiger partial charge on any atom is -0.397 e. The van der Waals surface area contributed by atoms with Crippen LogP contribution in [0.2, 0.25) is 0 Å². The van der Waals surface area contributed by atoms with Crippen LogP contribution in [0.15, 0.2) is 42.5 Å². The van der Waals surface area contributed by atoms with Crippen molar-refractivity contribution in [2.75, 3.05) is 17.6 Å². The smallest absolute Gasteiger partial charge is 0.248 e. The number of nitrogens with one attached hydrogen (secondary N) is 1. The van der Waals surface area contributed by atoms with Crippen LogP contribution < -0.4 is 16.8 Å². The summed E-state index contributed by atoms with van der Waals surface area (Å²) in [5, 5.41) is 3.17. The topological polar surface area (TPSA) is 81.1 Å². The third-order valence-corrected chi connectivity index (χ3v) is 2.98. The van der Waals surface area contributed by atoms with Gasteiger partial charge in [-0.3, -0.25) is 4.79 Å². The standard InChI is InChI=1S/C15H16FN3O/c16-12-4-1-10(2-5-12)7-8-19-14-6-3-11(15(18)20)9-13(14)17/h1-6,9,19H,7-8,17H2,(H2,18,20). The molecule has 0 saturated carbocycles. The van der Waals surface area contributed by atoms with Gasteiger partial charge in [0.05, 0.1) is 11.4 Å². The summed E-state index contributed by atoms with van der Waals surface area (Å²) in [6.07, 6.45) is 0.747. The van der Waals surface area contributed by atoms with Crippen molar-refractivity contribution in [2.45, 2.75) is 6.42 Å². The van der Waals surface area contributed by atoms with Crippen molar-refractivity contribution >= 4 is 17.3 Å². The molecule has 0 aliphatic heterocycles. The number of hydrogen-bond donors (Lipinski definition) is 3. The van der Waals surface area contributed by atoms with Crippen molar-refractivity contribution < 1.29 is 9.18 Å². The van der Waals surface area contributed by atoms with Crippen molar-refractivity contribution in [1.82, 2.24) is 0 Å². The Hall–Kier alpha value is -2.56. The van der Waals surface area contributed by atoms with Gasteiger partial charge in [0, 0.05) is 12.1 Å². The Labute approximate surface area is 116 Å². The quantitative estimate of drug-likeness (QED) is 0.730. The molecule has 20 heavy (non-hydrogen) atoms. The monoisotopic (exact) mass is 273 g/mol. The van der Waals surface area contributed by atoms with Gasteiger partial charge in [-0.2, -0.15) is 0 Å². The number of carbonyl (C=O) groups excluding carboxylic acids is 1. The van der Waals surface area contributed by atoms with Crippen molar-refractivity contribution in [3.8, 4) is 0 Å². The number of amides is 1. The number of carbonyl (C=O) groups is 1. The maximum atomic E-state index is 12.8. The highest BCUT2D eigenvalue weighted by molar-refractivity contribution is 5.94. The summed E-state index contributed by atoms with van der Waals surface area (Å²) in [4.78, 5) is 11.0. The van der Waals surface area contributed by atoms with Gasteiger partial charge in [0.25, 0.3) is 0 Å². The Morgan fingerprint density at radius 3 is 2.45 bits per heavy atom. The van der Waals surface area contributed by atoms with Gasteiger partial charge < -0.3 is 16.8 Å². The van der Waals surface area contributed by atoms with E-state index in [0.29, 0.717) is 17.8 Å². The van der Waals surface area contributed by atoms with Crippen LogP contribution in [0.5, 0.6) is 0 Å². The highest BCUT2D eigenvalue weighted by Gasteiger charge is 2.04. The van der Waals surface area contributed by atoms with Gasteiger partial charge in [-0.05, 0) is 42.3 Å². The molecular formula is C15H16FN3O. The summed E-state index contributed by atoms with van der Waals surface area (Å²) in [5.74, 6) is -0.748. The number of primary amides is 1. The van der Waals surface area contributed by atoms with E-state index < -0.39 is 5.91 Å². The summed E-state index contributed by atoms with van der Waals surface area (Å²) >= 11 is 0. The molecule has 0 unspecified atom stereocenters. The lowest BCUT2D eigenvalue weighted by Gasteiger charge is -2.10. The fourth-order valence-corrected chi connectivity index (χ4v) is 1.87. The number of nitrogens with two attached hydrogens (primary N) is 2. The van der Waals surface area contributed by atoms with Gasteiger partial charge in [0.15, 0.2) is 0 Å². The SMILES string of the molecule is NC(=O)c1ccc(NCCc2ccc(F)cc2)c(N)c1. The normalized spacial score (nSPS) is 10.2. The first-order valence-corrected chi connectivity index (χ1v) is 6.24. The lowest BCUT2D eigenvalue weighted by molar-refractivity contribution is 0.100. The summed E-state index contributed by atoms with van der Waals surface area (Å²) < 4.78 is 12.8. The van der Waals surface area contributed by atoms with E-state index in [0.717, 1.165) is 17.7 Å². The van der Waals surface area contributed by atoms with Gasteiger partial charge in [-0.1, -0.05) is 12.1 Å². The Kier molecular flexibility index (Phi) is 4.20. The molecule has 5 heteroatoms. The second kappa shape index (κ2) is 6.06. The molecule has 2 aromatic rings. The van der Waals surface area contributed by atoms with Gasteiger partial charge in [0.1, 0.15) is 5.82 Å². The lowest BCUT2D eigenvalue weighted by atomic mass is 10.1. The number of rotatable bonds is 5. The predicted molar refractivity (Wildman–Crippen MR) is 78.0 cm³/mol. The number of hydrogen-bond acceptors (Lipinski definition) is 3. The zero-order chi connectivity index (χ0) is 14.5. The Bertz CT molecular complexity index is 611. The Morgan fingerprint density at radius 1 is 1.15 bits per heavy atom. The highest BCUT2D eigenvalue weighted by Crippen LogP contribution is 2.19. The van der Waals surface area contributed by atoms with E-state index >= 15 is 0 Å². The molecule has 0 radical (unpaired) electrons. The van der Waals surface area contributed by atoms with Gasteiger partial charge in [-0.25, -0.2) is 4.39 Å². The minimum atomic E-state index is -0.505. The third-order valence-electron chi connectivity index (χ3n) is 2.98. The molecule has 2 rings (SSSR count). The van der Waals surface area contributed by atoms with Gasteiger partial charge in [0.2, 0.25) is 5.91 Å². The van der Waals surface area contributed by atoms with Crippen LogP contribution >= 0.6 is 0 Å². The average molecular weight is 273 g/mol. The van der Waals surface area contributed by atoms with E-state index in [1.807, 2.05) is 0 Å². The first-order valence-electron chi connectivity index (χ1n) is 6.24. The fraction of sp³-hybridized carbons (Fsp3) is 0.133. The van der Waals surface area contributed by atoms with Crippen molar-refractivity contribution in [2.24, 2.45) is 5.73 Å². The van der Waals surface area contributed by atoms with Crippen LogP contribution in [-0.2, 0) is 6.42 Å². The van der Waals surface area contributed by atoms with E-state index in [-0.39, 0.29) is 5.82 Å². The van der Waals surface area contributed by atoms with Gasteiger partial charge >= 0.3 is 0 Å². The molecule has 0 bridgehead atoms. The summed E-state index contributed by atoms with van der Waals surface area (Å²) in [7, 11) is 0. The van der Waals surface area contributed by atoms with Crippen LogP contribution in [0.3, 0.4) is 0 Å². The number of anilines is 2. The molecule has 4 nitrogen and oxygen atoms in total. The van der Waals surface area contributed by atoms with E-state index in [9.17, 15) is 9.18 Å². The molecule has 1 amide bonds. The molecule has 0 atom stereocenters. The van der Waals surface area contributed by atoms with E-state index in [2.05, 4.69) is 5.32 Å². The molecule has 0 aromatic heterocycles. The minimum absolute atomic E-state index is 0.243. The molecule has 0 aliphatic carbocycles. The van der Waals surface area contributed by atoms with Crippen molar-refractivity contribution in [1.29, 1.82) is 0 Å². The second-order valence-corrected chi connectivity index (χ2v) is 4.47. The van der Waals surface area contributed by atoms with Crippen molar-refractivity contribution in [3.05, 3.63) is 59.4 Å². The van der Waals surface area contributed by atoms with Crippen molar-refractivity contribution in [3.63, 3.8) is 0 Å². The van der Waals surface area contributed by atoms with Crippen LogP contribution in [0.25, 0.3) is 0 Å². The van der Waals surface area contributed by atoms with E-state index in [1.54, 1.807) is 30.3 Å². The van der Waals surface area contributed by atoms with Gasteiger partial charge in [-0.15, -0.1) is 0 Å². The molecule has 0 spiro atoms. The number of nitrogen functional groups attached to an aromatic ring is 1. The number of benzene rings is 2. The molecule has 0 fully saturated rings. The summed E-state index contributed by atoms with van der Waals surface area (Å²) in [6.45, 7) is 0.658. The summed E-state index contributed by atoms with van der Waals surface area (Å²) in [5.41, 5.74) is 13.6. The summed E-state index contributed by atoms with van der Waals surface area (Å²) in [6, 6.07) is 11.3. The fourth-order valence-electron chi connectivity index (χ4n) is 1.87. The first-order chi connectivity index (χ1) is 9.56. The number of halogens is 1. The third kappa shape index (κ3) is 3.47. The maximum Gasteiger partial charge on any atom is 0.248 e. The van der Waals surface area contributed by atoms with E-state index in [4.69, 9.17) is 11.5 Å². The Balaban J connectivity index is 1.94. The zero-order valence-electron chi connectivity index (χ0n) is 10.9. The van der Waals surface area contributed by atoms with Crippen LogP contribution in [-0.4, -0.2) is 12.5 Å². The van der Waals surface area contributed by atoms with Crippen LogP contribution in [0.1, 0.15) is 15.9 Å². The molecular weight excluding hydrogens is 257 g/mol. The lowest BCUT2D eigenvalue weighted by Crippen LogP contribution is -2.12. The van der Waals surface area contributed by atoms with Crippen LogP contribution in [0.4, 0.5) is 15.8 Å². The average Bonchev–Trinajstić information content (AvgIpc) is 2.42. The molecule has 0 saturated heterocycles. The molecule has 5 N–H and O–H groups in total. The highest BCUT2D eigenvalue weighted by atomic mass is 19.1. The molecule has 0 aliphatic rings. The Morgan fingerprint density at radius 2 is 1.85 bits per heavy atom. The molecule has 2 aromatic carbocycles. The predicted octanol–water partition coefficient (Wildman–Crippen LogP) is 2.16. The molecule has 0 heterocycles. The maximum absolute atomic E-state index is 12.8. The van der Waals surface area contributed by atoms with E-state index in [1.165, 1.54) is 12.1 Å². The molecule has 104 valence electrons. The first kappa shape index (κ1) is 13.9. The largest absolute Gasteiger partial charge is 0.397 e. The van der Waals surface area contributed by atoms with Crippen LogP contribution in [0, 0.1) is 5.82 Å². The second-order valence-electron chi connectivity index (χ2n) is 4.47.